The molecule has 2 heterocycles. The quantitative estimate of drug-likeness (QED) is 0.0775. The van der Waals surface area contributed by atoms with E-state index in [0.29, 0.717) is 0 Å². The zero-order valence-corrected chi connectivity index (χ0v) is 41.7. The standard InChI is InChI=1S/C51H65NO21/c1-24-28(68-44(63)36(58)34(26-15-11-9-12-16-26)52-46(64)73-47(3,4)5)20-51(65)42(71-43(62)27-17-13-10-14-18-27)40-49(8,30(55)19-31-50(40,23-67-31)72-25(2)54)41(61)39(33(24)48(51,6)7)70-32(56)22-66-45-38(60)37(59)35(57)29(21-53)69-45/h9-18,28-31,34-40,42,45,53,55,57-60,65H,19-23H2,1-8H3,(H,52,64)/t28-,29+,30-,31+,34-,35-,36+,37-,38+,39-,40?,42?,45+,49+,50-,51+/m0/s1. The van der Waals surface area contributed by atoms with E-state index >= 15 is 4.79 Å². The fourth-order valence-corrected chi connectivity index (χ4v) is 11.2. The van der Waals surface area contributed by atoms with Crippen molar-refractivity contribution in [2.75, 3.05) is 19.8 Å². The Balaban J connectivity index is 1.38. The molecule has 2 unspecified atom stereocenters. The molecule has 400 valence electrons. The summed E-state index contributed by atoms with van der Waals surface area (Å²) in [5.41, 5.74) is -9.64. The van der Waals surface area contributed by atoms with Crippen molar-refractivity contribution >= 4 is 35.8 Å². The van der Waals surface area contributed by atoms with Gasteiger partial charge in [0.15, 0.2) is 29.9 Å². The molecule has 2 saturated carbocycles. The zero-order chi connectivity index (χ0) is 53.7. The average Bonchev–Trinajstić information content (AvgIpc) is 3.32. The molecule has 0 aromatic heterocycles. The van der Waals surface area contributed by atoms with Gasteiger partial charge in [-0.1, -0.05) is 62.4 Å². The van der Waals surface area contributed by atoms with Crippen LogP contribution in [0.15, 0.2) is 71.8 Å². The number of hydrogen-bond donors (Lipinski definition) is 8. The lowest BCUT2D eigenvalue weighted by Gasteiger charge is -2.67. The van der Waals surface area contributed by atoms with Crippen molar-refractivity contribution in [1.29, 1.82) is 0 Å². The van der Waals surface area contributed by atoms with Gasteiger partial charge in [0.25, 0.3) is 0 Å². The van der Waals surface area contributed by atoms with E-state index in [4.69, 9.17) is 37.9 Å². The summed E-state index contributed by atoms with van der Waals surface area (Å²) in [5, 5.41) is 81.6. The minimum absolute atomic E-state index is 0.00683. The molecule has 8 N–H and O–H groups in total. The van der Waals surface area contributed by atoms with Crippen molar-refractivity contribution in [2.24, 2.45) is 16.7 Å². The first-order valence-corrected chi connectivity index (χ1v) is 23.9. The minimum Gasteiger partial charge on any atom is -0.456 e. The van der Waals surface area contributed by atoms with Crippen LogP contribution in [0.4, 0.5) is 4.79 Å². The van der Waals surface area contributed by atoms with Crippen LogP contribution >= 0.6 is 0 Å². The van der Waals surface area contributed by atoms with Gasteiger partial charge in [-0.15, -0.1) is 0 Å². The zero-order valence-electron chi connectivity index (χ0n) is 41.7. The number of nitrogens with one attached hydrogen (secondary N) is 1. The maximum atomic E-state index is 16.0. The normalized spacial score (nSPS) is 35.5. The van der Waals surface area contributed by atoms with E-state index in [1.54, 1.807) is 57.2 Å². The van der Waals surface area contributed by atoms with Gasteiger partial charge in [-0.05, 0) is 63.5 Å². The Morgan fingerprint density at radius 3 is 2.10 bits per heavy atom. The molecule has 0 spiro atoms. The molecule has 5 aliphatic rings. The molecular formula is C51H65NO21. The second-order valence-electron chi connectivity index (χ2n) is 21.0. The third kappa shape index (κ3) is 10.1. The summed E-state index contributed by atoms with van der Waals surface area (Å²) in [6.07, 6.45) is -21.8. The van der Waals surface area contributed by atoms with Crippen LogP contribution in [-0.2, 0) is 57.1 Å². The number of carbonyl (C=O) groups excluding carboxylic acids is 6. The van der Waals surface area contributed by atoms with Gasteiger partial charge in [0, 0.05) is 25.2 Å². The maximum Gasteiger partial charge on any atom is 0.408 e. The number of aliphatic hydroxyl groups excluding tert-OH is 6. The van der Waals surface area contributed by atoms with Crippen LogP contribution in [0.2, 0.25) is 0 Å². The number of amides is 1. The summed E-state index contributed by atoms with van der Waals surface area (Å²) in [5.74, 6) is -7.39. The molecule has 7 rings (SSSR count). The summed E-state index contributed by atoms with van der Waals surface area (Å²) in [7, 11) is 0. The fraction of sp³-hybridized carbons (Fsp3) is 0.608. The highest BCUT2D eigenvalue weighted by Crippen LogP contribution is 2.64. The van der Waals surface area contributed by atoms with Gasteiger partial charge in [0.05, 0.1) is 42.3 Å². The van der Waals surface area contributed by atoms with E-state index in [1.807, 2.05) is 0 Å². The number of hydrogen-bond acceptors (Lipinski definition) is 21. The van der Waals surface area contributed by atoms with Crippen LogP contribution in [0.5, 0.6) is 0 Å². The van der Waals surface area contributed by atoms with Gasteiger partial charge in [-0.25, -0.2) is 19.2 Å². The van der Waals surface area contributed by atoms with E-state index in [0.717, 1.165) is 6.92 Å². The van der Waals surface area contributed by atoms with Crippen molar-refractivity contribution in [3.63, 3.8) is 0 Å². The van der Waals surface area contributed by atoms with Gasteiger partial charge < -0.3 is 79.0 Å². The molecule has 22 nitrogen and oxygen atoms in total. The topological polar surface area (TPSA) is 330 Å². The molecule has 2 aromatic carbocycles. The molecule has 73 heavy (non-hydrogen) atoms. The Morgan fingerprint density at radius 1 is 0.890 bits per heavy atom. The van der Waals surface area contributed by atoms with E-state index in [1.165, 1.54) is 52.0 Å². The largest absolute Gasteiger partial charge is 0.456 e. The first-order valence-electron chi connectivity index (χ1n) is 23.9. The molecule has 16 atom stereocenters. The fourth-order valence-electron chi connectivity index (χ4n) is 11.2. The van der Waals surface area contributed by atoms with Crippen molar-refractivity contribution < 1.29 is 102 Å². The van der Waals surface area contributed by atoms with E-state index in [9.17, 15) is 59.7 Å². The number of benzene rings is 2. The number of ether oxygens (including phenoxy) is 8. The number of aliphatic hydroxyl groups is 7. The first-order chi connectivity index (χ1) is 34.1. The van der Waals surface area contributed by atoms with Crippen LogP contribution < -0.4 is 5.32 Å². The predicted molar refractivity (Wildman–Crippen MR) is 247 cm³/mol. The van der Waals surface area contributed by atoms with Crippen LogP contribution in [0.3, 0.4) is 0 Å². The van der Waals surface area contributed by atoms with Gasteiger partial charge in [0.1, 0.15) is 60.5 Å². The Bertz CT molecular complexity index is 2440. The van der Waals surface area contributed by atoms with Crippen LogP contribution in [0, 0.1) is 16.7 Å². The number of ketones is 1. The third-order valence-corrected chi connectivity index (χ3v) is 15.0. The third-order valence-electron chi connectivity index (χ3n) is 15.0. The number of carbonyl (C=O) groups is 6. The molecule has 2 bridgehead atoms. The number of fused-ring (bicyclic) bond motifs is 5. The second-order valence-corrected chi connectivity index (χ2v) is 21.0. The van der Waals surface area contributed by atoms with Crippen LogP contribution in [0.25, 0.3) is 0 Å². The predicted octanol–water partition coefficient (Wildman–Crippen LogP) is 0.627. The summed E-state index contributed by atoms with van der Waals surface area (Å²) in [4.78, 5) is 85.4. The number of Topliss-reactive ketones (excluding diaryl/α,β-unsaturated/α-hetero) is 1. The van der Waals surface area contributed by atoms with Crippen LogP contribution in [0.1, 0.15) is 90.2 Å². The second kappa shape index (κ2) is 20.7. The SMILES string of the molecule is CC(=O)O[C@@]12CO[C@@H]1C[C@H](O)[C@@]1(C)C(=O)[C@@H](OC(=O)CO[C@@H]3O[C@H](CO)[C@H](O)[C@H](O)[C@H]3O)C3=C(C)[C@@H](OC(=O)[C@H](O)[C@@H](NC(=O)OC(C)(C)C)c4ccccc4)C[C@@](O)(C(OC(=O)c4ccccc4)C12)C3(C)C. The molecule has 3 aliphatic carbocycles. The van der Waals surface area contributed by atoms with Gasteiger partial charge in [0.2, 0.25) is 0 Å². The monoisotopic (exact) mass is 1030 g/mol. The van der Waals surface area contributed by atoms with E-state index in [2.05, 4.69) is 5.32 Å². The lowest BCUT2D eigenvalue weighted by atomic mass is 9.44. The maximum absolute atomic E-state index is 16.0. The highest BCUT2D eigenvalue weighted by atomic mass is 16.7. The van der Waals surface area contributed by atoms with Crippen molar-refractivity contribution in [3.8, 4) is 0 Å². The molecule has 2 saturated heterocycles. The number of rotatable bonds is 13. The van der Waals surface area contributed by atoms with Crippen molar-refractivity contribution in [2.45, 2.75) is 158 Å². The van der Waals surface area contributed by atoms with Gasteiger partial charge in [-0.2, -0.15) is 0 Å². The summed E-state index contributed by atoms with van der Waals surface area (Å²) >= 11 is 0. The summed E-state index contributed by atoms with van der Waals surface area (Å²) in [6.45, 7) is 9.15. The Kier molecular flexibility index (Phi) is 15.7. The molecule has 1 amide bonds. The van der Waals surface area contributed by atoms with Gasteiger partial charge in [-0.3, -0.25) is 9.59 Å². The Hall–Kier alpha value is -5.40. The molecule has 2 aromatic rings. The highest BCUT2D eigenvalue weighted by molar-refractivity contribution is 5.96. The lowest BCUT2D eigenvalue weighted by molar-refractivity contribution is -0.346. The van der Waals surface area contributed by atoms with Crippen LogP contribution in [-0.4, -0.2) is 175 Å². The lowest BCUT2D eigenvalue weighted by Crippen LogP contribution is -2.82. The smallest absolute Gasteiger partial charge is 0.408 e. The number of alkyl carbamates (subject to hydrolysis) is 1. The molecule has 22 heteroatoms. The van der Waals surface area contributed by atoms with Crippen molar-refractivity contribution in [1.82, 2.24) is 5.32 Å². The highest BCUT2D eigenvalue weighted by Gasteiger charge is 2.78. The minimum atomic E-state index is -2.58. The van der Waals surface area contributed by atoms with Crippen molar-refractivity contribution in [3.05, 3.63) is 82.9 Å². The molecule has 0 radical (unpaired) electrons. The van der Waals surface area contributed by atoms with E-state index in [-0.39, 0.29) is 28.7 Å². The molecule has 2 aliphatic heterocycles. The summed E-state index contributed by atoms with van der Waals surface area (Å²) < 4.78 is 46.8. The summed E-state index contributed by atoms with van der Waals surface area (Å²) in [6, 6.07) is 14.0. The average molecular weight is 1030 g/mol. The molecule has 4 fully saturated rings. The Labute approximate surface area is 420 Å². The number of esters is 4. The Morgan fingerprint density at radius 2 is 1.52 bits per heavy atom. The molecular weight excluding hydrogens is 963 g/mol. The van der Waals surface area contributed by atoms with E-state index < -0.39 is 169 Å². The first kappa shape index (κ1) is 55.4. The van der Waals surface area contributed by atoms with Gasteiger partial charge >= 0.3 is 30.0 Å².